The first-order chi connectivity index (χ1) is 11.9. The molecule has 0 fully saturated rings. The Morgan fingerprint density at radius 3 is 2.80 bits per heavy atom. The summed E-state index contributed by atoms with van der Waals surface area (Å²) in [5.41, 5.74) is 2.50. The Bertz CT molecular complexity index is 1140. The number of hydrogen-bond donors (Lipinski definition) is 1. The molecule has 126 valence electrons. The van der Waals surface area contributed by atoms with Gasteiger partial charge in [-0.3, -0.25) is 4.79 Å². The number of Topliss-reactive ketones (excluding diaryl/α,β-unsaturated/α-hetero) is 1. The summed E-state index contributed by atoms with van der Waals surface area (Å²) in [6.45, 7) is 3.50. The van der Waals surface area contributed by atoms with Crippen molar-refractivity contribution in [1.29, 1.82) is 0 Å². The lowest BCUT2D eigenvalue weighted by atomic mass is 9.93. The first kappa shape index (κ1) is 16.2. The summed E-state index contributed by atoms with van der Waals surface area (Å²) in [5, 5.41) is 24.4. The smallest absolute Gasteiger partial charge is 0.236 e. The van der Waals surface area contributed by atoms with E-state index in [1.165, 1.54) is 11.3 Å². The number of aliphatic hydroxyl groups is 1. The fraction of sp³-hybridized carbons (Fsp3) is 0.167. The summed E-state index contributed by atoms with van der Waals surface area (Å²) >= 11 is 4.67. The number of aliphatic hydroxyl groups excluding tert-OH is 1. The largest absolute Gasteiger partial charge is 0.618 e. The van der Waals surface area contributed by atoms with Crippen LogP contribution in [0.15, 0.2) is 40.0 Å². The van der Waals surface area contributed by atoms with Crippen molar-refractivity contribution >= 4 is 50.1 Å². The van der Waals surface area contributed by atoms with E-state index in [-0.39, 0.29) is 11.3 Å². The summed E-state index contributed by atoms with van der Waals surface area (Å²) in [7, 11) is 0. The van der Waals surface area contributed by atoms with Crippen LogP contribution in [-0.2, 0) is 11.2 Å². The third-order valence-corrected chi connectivity index (χ3v) is 5.81. The van der Waals surface area contributed by atoms with Gasteiger partial charge >= 0.3 is 0 Å². The molecule has 0 radical (unpaired) electrons. The maximum Gasteiger partial charge on any atom is 0.236 e. The summed E-state index contributed by atoms with van der Waals surface area (Å²) in [5.74, 6) is -0.831. The van der Waals surface area contributed by atoms with Crippen molar-refractivity contribution in [3.05, 3.63) is 65.7 Å². The van der Waals surface area contributed by atoms with E-state index < -0.39 is 5.78 Å². The molecule has 25 heavy (non-hydrogen) atoms. The Labute approximate surface area is 155 Å². The van der Waals surface area contributed by atoms with E-state index in [0.717, 1.165) is 19.8 Å². The van der Waals surface area contributed by atoms with E-state index in [9.17, 15) is 15.1 Å². The van der Waals surface area contributed by atoms with Crippen molar-refractivity contribution in [3.63, 3.8) is 0 Å². The number of nitrogens with zero attached hydrogens (tertiary/aromatic N) is 2. The average Bonchev–Trinajstić information content (AvgIpc) is 3.06. The number of hydroxylamine groups is 1. The van der Waals surface area contributed by atoms with E-state index in [1.54, 1.807) is 6.92 Å². The van der Waals surface area contributed by atoms with E-state index >= 15 is 0 Å². The minimum absolute atomic E-state index is 0.266. The molecule has 1 N–H and O–H groups in total. The summed E-state index contributed by atoms with van der Waals surface area (Å²) in [6.07, 6.45) is 0.302. The van der Waals surface area contributed by atoms with Gasteiger partial charge in [-0.1, -0.05) is 28.1 Å². The SMILES string of the molecule is CC1=[N+]([O-])C(Cc2cccc(Br)c2)=C2C(=O)C(O)=c3sc(C)nc3=C21. The molecule has 0 saturated carbocycles. The van der Waals surface area contributed by atoms with Gasteiger partial charge in [0.2, 0.25) is 11.5 Å². The van der Waals surface area contributed by atoms with E-state index in [1.807, 2.05) is 31.2 Å². The molecule has 0 atom stereocenters. The fourth-order valence-electron chi connectivity index (χ4n) is 3.24. The standard InChI is InChI=1S/C18H13BrN2O3S/c1-8-13-14(16(22)17(23)18-15(13)20-9(2)25-18)12(21(8)24)7-10-4-3-5-11(19)6-10/h3-6,23H,7H2,1-2H3. The number of thiazole rings is 1. The molecule has 5 nitrogen and oxygen atoms in total. The van der Waals surface area contributed by atoms with Gasteiger partial charge in [-0.15, -0.1) is 11.3 Å². The van der Waals surface area contributed by atoms with Crippen LogP contribution in [0.1, 0.15) is 17.5 Å². The van der Waals surface area contributed by atoms with Gasteiger partial charge in [0.05, 0.1) is 22.4 Å². The van der Waals surface area contributed by atoms with Gasteiger partial charge in [0.1, 0.15) is 10.1 Å². The number of fused-ring (bicyclic) bond motifs is 2. The number of benzene rings is 1. The number of aryl methyl sites for hydroxylation is 1. The van der Waals surface area contributed by atoms with Crippen LogP contribution < -0.4 is 9.88 Å². The molecule has 1 aromatic carbocycles. The number of ketones is 1. The minimum Gasteiger partial charge on any atom is -0.618 e. The molecule has 0 amide bonds. The Hall–Kier alpha value is -2.25. The molecule has 1 aliphatic carbocycles. The molecular weight excluding hydrogens is 404 g/mol. The van der Waals surface area contributed by atoms with Crippen LogP contribution in [0.4, 0.5) is 0 Å². The van der Waals surface area contributed by atoms with Crippen molar-refractivity contribution < 1.29 is 14.6 Å². The zero-order valence-corrected chi connectivity index (χ0v) is 15.9. The Balaban J connectivity index is 2.00. The Morgan fingerprint density at radius 1 is 1.32 bits per heavy atom. The van der Waals surface area contributed by atoms with Crippen molar-refractivity contribution in [2.45, 2.75) is 20.3 Å². The highest BCUT2D eigenvalue weighted by Gasteiger charge is 2.41. The van der Waals surface area contributed by atoms with Crippen molar-refractivity contribution in [1.82, 2.24) is 4.98 Å². The van der Waals surface area contributed by atoms with Gasteiger partial charge in [0, 0.05) is 11.4 Å². The highest BCUT2D eigenvalue weighted by atomic mass is 79.9. The molecule has 2 heterocycles. The lowest BCUT2D eigenvalue weighted by Crippen LogP contribution is -2.36. The predicted molar refractivity (Wildman–Crippen MR) is 99.7 cm³/mol. The summed E-state index contributed by atoms with van der Waals surface area (Å²) in [6, 6.07) is 7.58. The molecule has 2 aromatic rings. The van der Waals surface area contributed by atoms with Gasteiger partial charge in [0.15, 0.2) is 11.5 Å². The molecule has 0 spiro atoms. The highest BCUT2D eigenvalue weighted by Crippen LogP contribution is 2.31. The Kier molecular flexibility index (Phi) is 3.66. The zero-order chi connectivity index (χ0) is 17.9. The first-order valence-electron chi connectivity index (χ1n) is 7.63. The maximum absolute atomic E-state index is 12.8. The topological polar surface area (TPSA) is 76.3 Å². The third kappa shape index (κ3) is 2.38. The normalized spacial score (nSPS) is 16.7. The number of halogens is 1. The van der Waals surface area contributed by atoms with E-state index in [2.05, 4.69) is 20.9 Å². The third-order valence-electron chi connectivity index (χ3n) is 4.34. The number of allylic oxidation sites excluding steroid dienone is 1. The number of aromatic nitrogens is 1. The van der Waals surface area contributed by atoms with E-state index in [4.69, 9.17) is 0 Å². The second-order valence-electron chi connectivity index (χ2n) is 5.97. The molecule has 1 aromatic heterocycles. The minimum atomic E-state index is -0.506. The van der Waals surface area contributed by atoms with Crippen LogP contribution in [0.2, 0.25) is 0 Å². The number of hydrogen-bond acceptors (Lipinski definition) is 5. The number of carbonyl (C=O) groups is 1. The van der Waals surface area contributed by atoms with Crippen LogP contribution in [0.3, 0.4) is 0 Å². The summed E-state index contributed by atoms with van der Waals surface area (Å²) in [4.78, 5) is 17.2. The molecule has 4 rings (SSSR count). The second-order valence-corrected chi connectivity index (χ2v) is 8.09. The van der Waals surface area contributed by atoms with Gasteiger partial charge < -0.3 is 10.3 Å². The van der Waals surface area contributed by atoms with Gasteiger partial charge in [0.25, 0.3) is 0 Å². The van der Waals surface area contributed by atoms with Crippen LogP contribution >= 0.6 is 27.3 Å². The molecule has 7 heteroatoms. The van der Waals surface area contributed by atoms with Gasteiger partial charge in [-0.25, -0.2) is 4.98 Å². The van der Waals surface area contributed by atoms with Crippen LogP contribution in [-0.4, -0.2) is 26.3 Å². The lowest BCUT2D eigenvalue weighted by molar-refractivity contribution is -0.400. The summed E-state index contributed by atoms with van der Waals surface area (Å²) < 4.78 is 2.14. The molecule has 0 unspecified atom stereocenters. The quantitative estimate of drug-likeness (QED) is 0.600. The van der Waals surface area contributed by atoms with Crippen molar-refractivity contribution in [2.75, 3.05) is 0 Å². The Morgan fingerprint density at radius 2 is 2.08 bits per heavy atom. The maximum atomic E-state index is 12.8. The lowest BCUT2D eigenvalue weighted by Gasteiger charge is -2.08. The number of carbonyl (C=O) groups excluding carboxylic acids is 1. The fourth-order valence-corrected chi connectivity index (χ4v) is 4.56. The first-order valence-corrected chi connectivity index (χ1v) is 9.24. The zero-order valence-electron chi connectivity index (χ0n) is 13.5. The van der Waals surface area contributed by atoms with Gasteiger partial charge in [-0.05, 0) is 24.6 Å². The second kappa shape index (κ2) is 5.64. The number of rotatable bonds is 2. The highest BCUT2D eigenvalue weighted by molar-refractivity contribution is 9.10. The van der Waals surface area contributed by atoms with Crippen LogP contribution in [0, 0.1) is 12.1 Å². The predicted octanol–water partition coefficient (Wildman–Crippen LogP) is 2.10. The van der Waals surface area contributed by atoms with E-state index in [0.29, 0.717) is 33.3 Å². The van der Waals surface area contributed by atoms with Gasteiger partial charge in [-0.2, -0.15) is 4.74 Å². The van der Waals surface area contributed by atoms with Crippen molar-refractivity contribution in [2.24, 2.45) is 0 Å². The molecule has 0 saturated heterocycles. The van der Waals surface area contributed by atoms with Crippen molar-refractivity contribution in [3.8, 4) is 0 Å². The molecule has 0 bridgehead atoms. The van der Waals surface area contributed by atoms with Crippen LogP contribution in [0.5, 0.6) is 0 Å². The average molecular weight is 417 g/mol. The monoisotopic (exact) mass is 416 g/mol. The molecule has 1 aliphatic heterocycles. The molecular formula is C18H13BrN2O3S. The van der Waals surface area contributed by atoms with Crippen LogP contribution in [0.25, 0.3) is 11.3 Å². The molecule has 2 aliphatic rings.